The third kappa shape index (κ3) is 4.05. The number of hydrogen-bond acceptors (Lipinski definition) is 3. The molecule has 0 heterocycles. The zero-order valence-electron chi connectivity index (χ0n) is 12.1. The largest absolute Gasteiger partial charge is 0.465 e. The van der Waals surface area contributed by atoms with Crippen LogP contribution in [-0.2, 0) is 11.2 Å². The molecule has 0 bridgehead atoms. The highest BCUT2D eigenvalue weighted by Crippen LogP contribution is 2.15. The zero-order valence-corrected chi connectivity index (χ0v) is 12.1. The molecular formula is C17H18FNO2. The van der Waals surface area contributed by atoms with Gasteiger partial charge in [-0.05, 0) is 49.2 Å². The Hall–Kier alpha value is -2.36. The Bertz CT molecular complexity index is 610. The van der Waals surface area contributed by atoms with Crippen molar-refractivity contribution in [3.05, 3.63) is 65.5 Å². The van der Waals surface area contributed by atoms with Crippen LogP contribution in [0.4, 0.5) is 10.1 Å². The molecule has 2 rings (SSSR count). The van der Waals surface area contributed by atoms with Gasteiger partial charge in [-0.3, -0.25) is 0 Å². The second-order valence-corrected chi connectivity index (χ2v) is 4.91. The van der Waals surface area contributed by atoms with Gasteiger partial charge in [-0.1, -0.05) is 18.2 Å². The van der Waals surface area contributed by atoms with E-state index in [1.165, 1.54) is 13.2 Å². The molecule has 1 atom stereocenters. The highest BCUT2D eigenvalue weighted by Gasteiger charge is 2.08. The van der Waals surface area contributed by atoms with E-state index >= 15 is 0 Å². The average Bonchev–Trinajstić information content (AvgIpc) is 2.49. The fraction of sp³-hybridized carbons (Fsp3) is 0.235. The maximum absolute atomic E-state index is 13.6. The number of anilines is 1. The van der Waals surface area contributed by atoms with Gasteiger partial charge in [0.25, 0.3) is 0 Å². The fourth-order valence-electron chi connectivity index (χ4n) is 2.15. The van der Waals surface area contributed by atoms with E-state index in [2.05, 4.69) is 10.1 Å². The van der Waals surface area contributed by atoms with Crippen LogP contribution >= 0.6 is 0 Å². The quantitative estimate of drug-likeness (QED) is 0.853. The summed E-state index contributed by atoms with van der Waals surface area (Å²) in [5.74, 6) is -0.548. The number of nitrogens with one attached hydrogen (secondary N) is 1. The van der Waals surface area contributed by atoms with Gasteiger partial charge in [0.05, 0.1) is 12.7 Å². The Balaban J connectivity index is 1.98. The van der Waals surface area contributed by atoms with E-state index in [0.717, 1.165) is 5.69 Å². The summed E-state index contributed by atoms with van der Waals surface area (Å²) in [6.45, 7) is 1.99. The van der Waals surface area contributed by atoms with Crippen molar-refractivity contribution < 1.29 is 13.9 Å². The molecule has 0 aliphatic carbocycles. The number of esters is 1. The monoisotopic (exact) mass is 287 g/mol. The molecule has 2 aromatic rings. The first kappa shape index (κ1) is 15.0. The summed E-state index contributed by atoms with van der Waals surface area (Å²) in [6, 6.07) is 13.9. The Morgan fingerprint density at radius 1 is 1.19 bits per heavy atom. The average molecular weight is 287 g/mol. The highest BCUT2D eigenvalue weighted by atomic mass is 19.1. The van der Waals surface area contributed by atoms with Crippen LogP contribution in [0.1, 0.15) is 22.8 Å². The number of halogens is 1. The van der Waals surface area contributed by atoms with Gasteiger partial charge in [0.2, 0.25) is 0 Å². The Kier molecular flexibility index (Phi) is 4.93. The van der Waals surface area contributed by atoms with Crippen molar-refractivity contribution in [1.29, 1.82) is 0 Å². The van der Waals surface area contributed by atoms with Crippen molar-refractivity contribution in [3.63, 3.8) is 0 Å². The molecule has 0 saturated heterocycles. The molecule has 0 spiro atoms. The minimum Gasteiger partial charge on any atom is -0.465 e. The second kappa shape index (κ2) is 6.88. The molecule has 0 radical (unpaired) electrons. The van der Waals surface area contributed by atoms with E-state index in [1.807, 2.05) is 25.1 Å². The zero-order chi connectivity index (χ0) is 15.2. The van der Waals surface area contributed by atoms with E-state index in [1.54, 1.807) is 24.3 Å². The van der Waals surface area contributed by atoms with Gasteiger partial charge >= 0.3 is 5.97 Å². The van der Waals surface area contributed by atoms with E-state index < -0.39 is 0 Å². The summed E-state index contributed by atoms with van der Waals surface area (Å²) in [7, 11) is 1.35. The van der Waals surface area contributed by atoms with Gasteiger partial charge in [-0.15, -0.1) is 0 Å². The lowest BCUT2D eigenvalue weighted by Gasteiger charge is -2.16. The van der Waals surface area contributed by atoms with Crippen LogP contribution in [0.15, 0.2) is 48.5 Å². The summed E-state index contributed by atoms with van der Waals surface area (Å²) in [4.78, 5) is 11.3. The molecule has 1 N–H and O–H groups in total. The molecule has 21 heavy (non-hydrogen) atoms. The lowest BCUT2D eigenvalue weighted by molar-refractivity contribution is 0.0601. The number of carbonyl (C=O) groups excluding carboxylic acids is 1. The lowest BCUT2D eigenvalue weighted by atomic mass is 10.1. The van der Waals surface area contributed by atoms with E-state index in [9.17, 15) is 9.18 Å². The first-order chi connectivity index (χ1) is 10.1. The highest BCUT2D eigenvalue weighted by molar-refractivity contribution is 5.89. The predicted molar refractivity (Wildman–Crippen MR) is 81.0 cm³/mol. The van der Waals surface area contributed by atoms with Gasteiger partial charge in [0, 0.05) is 11.7 Å². The maximum atomic E-state index is 13.6. The molecule has 110 valence electrons. The summed E-state index contributed by atoms with van der Waals surface area (Å²) < 4.78 is 18.2. The molecule has 3 nitrogen and oxygen atoms in total. The first-order valence-corrected chi connectivity index (χ1v) is 6.78. The van der Waals surface area contributed by atoms with Crippen LogP contribution in [0.25, 0.3) is 0 Å². The van der Waals surface area contributed by atoms with Crippen molar-refractivity contribution in [2.45, 2.75) is 19.4 Å². The molecule has 2 aromatic carbocycles. The SMILES string of the molecule is COC(=O)c1ccc(NC(C)Cc2ccccc2F)cc1. The minimum absolute atomic E-state index is 0.0749. The molecule has 0 saturated carbocycles. The molecule has 0 fully saturated rings. The number of hydrogen-bond donors (Lipinski definition) is 1. The number of methoxy groups -OCH3 is 1. The maximum Gasteiger partial charge on any atom is 0.337 e. The Morgan fingerprint density at radius 2 is 1.86 bits per heavy atom. The molecule has 0 aliphatic rings. The van der Waals surface area contributed by atoms with E-state index in [-0.39, 0.29) is 17.8 Å². The van der Waals surface area contributed by atoms with Crippen LogP contribution < -0.4 is 5.32 Å². The normalized spacial score (nSPS) is 11.8. The molecule has 0 amide bonds. The van der Waals surface area contributed by atoms with E-state index in [4.69, 9.17) is 0 Å². The Labute approximate surface area is 123 Å². The second-order valence-electron chi connectivity index (χ2n) is 4.91. The number of rotatable bonds is 5. The summed E-state index contributed by atoms with van der Waals surface area (Å²) in [5.41, 5.74) is 2.07. The fourth-order valence-corrected chi connectivity index (χ4v) is 2.15. The van der Waals surface area contributed by atoms with Gasteiger partial charge in [0.1, 0.15) is 5.82 Å². The molecule has 1 unspecified atom stereocenters. The summed E-state index contributed by atoms with van der Waals surface area (Å²) >= 11 is 0. The lowest BCUT2D eigenvalue weighted by Crippen LogP contribution is -2.18. The predicted octanol–water partition coefficient (Wildman–Crippen LogP) is 3.66. The van der Waals surface area contributed by atoms with E-state index in [0.29, 0.717) is 17.5 Å². The van der Waals surface area contributed by atoms with Gasteiger partial charge < -0.3 is 10.1 Å². The molecule has 0 aromatic heterocycles. The van der Waals surface area contributed by atoms with Crippen molar-refractivity contribution in [2.75, 3.05) is 12.4 Å². The van der Waals surface area contributed by atoms with Crippen LogP contribution in [0, 0.1) is 5.82 Å². The number of benzene rings is 2. The summed E-state index contributed by atoms with van der Waals surface area (Å²) in [6.07, 6.45) is 0.589. The van der Waals surface area contributed by atoms with Crippen molar-refractivity contribution >= 4 is 11.7 Å². The Morgan fingerprint density at radius 3 is 2.48 bits per heavy atom. The van der Waals surface area contributed by atoms with Crippen LogP contribution in [0.5, 0.6) is 0 Å². The van der Waals surface area contributed by atoms with Gasteiger partial charge in [-0.25, -0.2) is 9.18 Å². The van der Waals surface area contributed by atoms with Crippen molar-refractivity contribution in [3.8, 4) is 0 Å². The standard InChI is InChI=1S/C17H18FNO2/c1-12(11-14-5-3-4-6-16(14)18)19-15-9-7-13(8-10-15)17(20)21-2/h3-10,12,19H,11H2,1-2H3. The van der Waals surface area contributed by atoms with Gasteiger partial charge in [-0.2, -0.15) is 0 Å². The van der Waals surface area contributed by atoms with Gasteiger partial charge in [0.15, 0.2) is 0 Å². The van der Waals surface area contributed by atoms with Crippen molar-refractivity contribution in [1.82, 2.24) is 0 Å². The van der Waals surface area contributed by atoms with Crippen LogP contribution in [0.3, 0.4) is 0 Å². The van der Waals surface area contributed by atoms with Crippen LogP contribution in [0.2, 0.25) is 0 Å². The van der Waals surface area contributed by atoms with Crippen molar-refractivity contribution in [2.24, 2.45) is 0 Å². The molecular weight excluding hydrogens is 269 g/mol. The third-order valence-electron chi connectivity index (χ3n) is 3.20. The topological polar surface area (TPSA) is 38.3 Å². The summed E-state index contributed by atoms with van der Waals surface area (Å²) in [5, 5.41) is 3.28. The third-order valence-corrected chi connectivity index (χ3v) is 3.20. The number of ether oxygens (including phenoxy) is 1. The number of carbonyl (C=O) groups is 1. The molecule has 0 aliphatic heterocycles. The molecule has 4 heteroatoms. The minimum atomic E-state index is -0.360. The smallest absolute Gasteiger partial charge is 0.337 e. The van der Waals surface area contributed by atoms with Crippen LogP contribution in [-0.4, -0.2) is 19.1 Å². The first-order valence-electron chi connectivity index (χ1n) is 6.78.